The van der Waals surface area contributed by atoms with Gasteiger partial charge in [0.1, 0.15) is 4.88 Å². The number of rotatable bonds is 5. The Morgan fingerprint density at radius 1 is 1.29 bits per heavy atom. The summed E-state index contributed by atoms with van der Waals surface area (Å²) in [6.45, 7) is 2.01. The number of carbonyl (C=O) groups excluding carboxylic acids is 2. The van der Waals surface area contributed by atoms with Crippen LogP contribution < -0.4 is 14.8 Å². The molecule has 0 unspecified atom stereocenters. The van der Waals surface area contributed by atoms with Crippen LogP contribution >= 0.6 is 22.9 Å². The standard InChI is InChI=1S/C16H14ClNO5S/c1-9(23-16(20)13-4-5-14(17)24-13)15(19)18-7-10-2-3-11-12(6-10)22-8-21-11/h2-6,9H,7-8H2,1H3,(H,18,19)/t9-/m0/s1. The molecule has 0 radical (unpaired) electrons. The third-order valence-electron chi connectivity index (χ3n) is 3.33. The van der Waals surface area contributed by atoms with E-state index in [1.807, 2.05) is 6.07 Å². The van der Waals surface area contributed by atoms with Gasteiger partial charge in [-0.3, -0.25) is 4.79 Å². The molecule has 1 aliphatic heterocycles. The monoisotopic (exact) mass is 367 g/mol. The second kappa shape index (κ2) is 7.11. The van der Waals surface area contributed by atoms with E-state index in [1.54, 1.807) is 24.3 Å². The number of amides is 1. The van der Waals surface area contributed by atoms with Crippen LogP contribution in [0.15, 0.2) is 30.3 Å². The van der Waals surface area contributed by atoms with E-state index in [0.29, 0.717) is 27.3 Å². The molecule has 0 spiro atoms. The average Bonchev–Trinajstić information content (AvgIpc) is 3.20. The molecule has 0 saturated heterocycles. The zero-order chi connectivity index (χ0) is 17.1. The van der Waals surface area contributed by atoms with Gasteiger partial charge >= 0.3 is 5.97 Å². The molecule has 0 saturated carbocycles. The fourth-order valence-electron chi connectivity index (χ4n) is 2.08. The van der Waals surface area contributed by atoms with Crippen molar-refractivity contribution in [3.63, 3.8) is 0 Å². The van der Waals surface area contributed by atoms with Crippen LogP contribution in [-0.4, -0.2) is 24.8 Å². The highest BCUT2D eigenvalue weighted by Crippen LogP contribution is 2.32. The van der Waals surface area contributed by atoms with Crippen molar-refractivity contribution in [2.24, 2.45) is 0 Å². The molecule has 8 heteroatoms. The minimum Gasteiger partial charge on any atom is -0.454 e. The number of hydrogen-bond acceptors (Lipinski definition) is 6. The van der Waals surface area contributed by atoms with Crippen molar-refractivity contribution in [2.75, 3.05) is 6.79 Å². The van der Waals surface area contributed by atoms with E-state index < -0.39 is 12.1 Å². The predicted molar refractivity (Wildman–Crippen MR) is 88.6 cm³/mol. The molecule has 0 bridgehead atoms. The first kappa shape index (κ1) is 16.6. The molecule has 0 aliphatic carbocycles. The number of esters is 1. The summed E-state index contributed by atoms with van der Waals surface area (Å²) in [4.78, 5) is 24.3. The number of benzene rings is 1. The van der Waals surface area contributed by atoms with Gasteiger partial charge in [-0.25, -0.2) is 4.79 Å². The summed E-state index contributed by atoms with van der Waals surface area (Å²) in [7, 11) is 0. The van der Waals surface area contributed by atoms with Gasteiger partial charge in [0.2, 0.25) is 6.79 Å². The second-order valence-electron chi connectivity index (χ2n) is 5.06. The summed E-state index contributed by atoms with van der Waals surface area (Å²) in [5.74, 6) is 0.374. The van der Waals surface area contributed by atoms with Gasteiger partial charge in [0.15, 0.2) is 17.6 Å². The van der Waals surface area contributed by atoms with Gasteiger partial charge in [0.05, 0.1) is 4.34 Å². The molecule has 24 heavy (non-hydrogen) atoms. The van der Waals surface area contributed by atoms with Crippen molar-refractivity contribution >= 4 is 34.8 Å². The lowest BCUT2D eigenvalue weighted by molar-refractivity contribution is -0.129. The Hall–Kier alpha value is -2.25. The highest BCUT2D eigenvalue weighted by atomic mass is 35.5. The van der Waals surface area contributed by atoms with Gasteiger partial charge in [-0.2, -0.15) is 0 Å². The molecule has 1 aliphatic rings. The molecule has 1 aromatic carbocycles. The molecular weight excluding hydrogens is 354 g/mol. The number of nitrogens with one attached hydrogen (secondary N) is 1. The van der Waals surface area contributed by atoms with Crippen LogP contribution in [0.1, 0.15) is 22.2 Å². The molecule has 3 rings (SSSR count). The highest BCUT2D eigenvalue weighted by molar-refractivity contribution is 7.17. The lowest BCUT2D eigenvalue weighted by Crippen LogP contribution is -2.35. The van der Waals surface area contributed by atoms with Crippen molar-refractivity contribution in [1.82, 2.24) is 5.32 Å². The summed E-state index contributed by atoms with van der Waals surface area (Å²) < 4.78 is 16.1. The Morgan fingerprint density at radius 3 is 2.83 bits per heavy atom. The third-order valence-corrected chi connectivity index (χ3v) is 4.54. The van der Waals surface area contributed by atoms with Gasteiger partial charge in [-0.15, -0.1) is 11.3 Å². The number of ether oxygens (including phenoxy) is 3. The summed E-state index contributed by atoms with van der Waals surface area (Å²) in [6, 6.07) is 8.58. The SMILES string of the molecule is C[C@H](OC(=O)c1ccc(Cl)s1)C(=O)NCc1ccc2c(c1)OCO2. The smallest absolute Gasteiger partial charge is 0.349 e. The van der Waals surface area contributed by atoms with Crippen LogP contribution in [0.4, 0.5) is 0 Å². The molecule has 2 aromatic rings. The first-order chi connectivity index (χ1) is 11.5. The van der Waals surface area contributed by atoms with Crippen LogP contribution in [0.2, 0.25) is 4.34 Å². The Kier molecular flexibility index (Phi) is 4.92. The number of halogens is 1. The average molecular weight is 368 g/mol. The molecule has 6 nitrogen and oxygen atoms in total. The number of carbonyl (C=O) groups is 2. The maximum Gasteiger partial charge on any atom is 0.349 e. The Labute approximate surface area is 147 Å². The van der Waals surface area contributed by atoms with Crippen molar-refractivity contribution in [3.8, 4) is 11.5 Å². The van der Waals surface area contributed by atoms with Crippen LogP contribution in [-0.2, 0) is 16.1 Å². The number of thiophene rings is 1. The van der Waals surface area contributed by atoms with E-state index in [1.165, 1.54) is 6.92 Å². The maximum atomic E-state index is 12.1. The lowest BCUT2D eigenvalue weighted by Gasteiger charge is -2.13. The van der Waals surface area contributed by atoms with E-state index in [2.05, 4.69) is 5.32 Å². The lowest BCUT2D eigenvalue weighted by atomic mass is 10.2. The molecule has 1 aromatic heterocycles. The first-order valence-electron chi connectivity index (χ1n) is 7.15. The summed E-state index contributed by atoms with van der Waals surface area (Å²) in [5, 5.41) is 2.72. The van der Waals surface area contributed by atoms with E-state index in [9.17, 15) is 9.59 Å². The normalized spacial score (nSPS) is 13.4. The van der Waals surface area contributed by atoms with Gasteiger partial charge in [0.25, 0.3) is 5.91 Å². The first-order valence-corrected chi connectivity index (χ1v) is 8.35. The fraction of sp³-hybridized carbons (Fsp3) is 0.250. The Morgan fingerprint density at radius 2 is 2.08 bits per heavy atom. The van der Waals surface area contributed by atoms with Crippen LogP contribution in [0, 0.1) is 0 Å². The fourth-order valence-corrected chi connectivity index (χ4v) is 3.01. The second-order valence-corrected chi connectivity index (χ2v) is 6.77. The minimum absolute atomic E-state index is 0.199. The van der Waals surface area contributed by atoms with E-state index >= 15 is 0 Å². The van der Waals surface area contributed by atoms with Gasteiger partial charge in [0, 0.05) is 6.54 Å². The van der Waals surface area contributed by atoms with Gasteiger partial charge in [-0.1, -0.05) is 17.7 Å². The number of fused-ring (bicyclic) bond motifs is 1. The third kappa shape index (κ3) is 3.80. The molecule has 1 atom stereocenters. The van der Waals surface area contributed by atoms with Crippen molar-refractivity contribution in [2.45, 2.75) is 19.6 Å². The van der Waals surface area contributed by atoms with Crippen molar-refractivity contribution in [3.05, 3.63) is 45.1 Å². The molecule has 126 valence electrons. The quantitative estimate of drug-likeness (QED) is 0.822. The molecular formula is C16H14ClNO5S. The Balaban J connectivity index is 1.52. The zero-order valence-electron chi connectivity index (χ0n) is 12.7. The summed E-state index contributed by atoms with van der Waals surface area (Å²) >= 11 is 6.88. The molecule has 1 amide bonds. The van der Waals surface area contributed by atoms with Crippen LogP contribution in [0.25, 0.3) is 0 Å². The number of hydrogen-bond donors (Lipinski definition) is 1. The topological polar surface area (TPSA) is 73.9 Å². The summed E-state index contributed by atoms with van der Waals surface area (Å²) in [5.41, 5.74) is 0.858. The zero-order valence-corrected chi connectivity index (χ0v) is 14.3. The van der Waals surface area contributed by atoms with Gasteiger partial charge in [-0.05, 0) is 36.8 Å². The largest absolute Gasteiger partial charge is 0.454 e. The molecule has 2 heterocycles. The van der Waals surface area contributed by atoms with Crippen LogP contribution in [0.5, 0.6) is 11.5 Å². The molecule has 1 N–H and O–H groups in total. The highest BCUT2D eigenvalue weighted by Gasteiger charge is 2.20. The predicted octanol–water partition coefficient (Wildman–Crippen LogP) is 2.99. The van der Waals surface area contributed by atoms with E-state index in [-0.39, 0.29) is 12.7 Å². The van der Waals surface area contributed by atoms with Crippen molar-refractivity contribution < 1.29 is 23.8 Å². The minimum atomic E-state index is -0.910. The maximum absolute atomic E-state index is 12.1. The van der Waals surface area contributed by atoms with Crippen LogP contribution in [0.3, 0.4) is 0 Å². The van der Waals surface area contributed by atoms with Crippen molar-refractivity contribution in [1.29, 1.82) is 0 Å². The summed E-state index contributed by atoms with van der Waals surface area (Å²) in [6.07, 6.45) is -0.910. The van der Waals surface area contributed by atoms with E-state index in [4.69, 9.17) is 25.8 Å². The molecule has 0 fully saturated rings. The van der Waals surface area contributed by atoms with Gasteiger partial charge < -0.3 is 19.5 Å². The Bertz CT molecular complexity index is 776. The van der Waals surface area contributed by atoms with E-state index in [0.717, 1.165) is 16.9 Å².